The number of benzene rings is 2. The molecular weight excluding hydrogens is 515 g/mol. The lowest BCUT2D eigenvalue weighted by molar-refractivity contribution is 0.00578. The first-order valence-electron chi connectivity index (χ1n) is 9.97. The molecule has 1 fully saturated rings. The Bertz CT molecular complexity index is 1200. The zero-order chi connectivity index (χ0) is 24.7. The first kappa shape index (κ1) is 27.1. The first-order valence-corrected chi connectivity index (χ1v) is 14.6. The molecule has 0 spiro atoms. The summed E-state index contributed by atoms with van der Waals surface area (Å²) in [5, 5.41) is 0. The van der Waals surface area contributed by atoms with Gasteiger partial charge in [-0.15, -0.1) is 0 Å². The first-order chi connectivity index (χ1) is 14.3. The molecule has 0 unspecified atom stereocenters. The zero-order valence-electron chi connectivity index (χ0n) is 19.7. The molecule has 176 valence electrons. The van der Waals surface area contributed by atoms with E-state index in [1.165, 1.54) is 12.5 Å². The maximum atomic E-state index is 11.7. The molecule has 0 amide bonds. The van der Waals surface area contributed by atoms with E-state index in [0.29, 0.717) is 4.90 Å². The van der Waals surface area contributed by atoms with E-state index in [2.05, 4.69) is 15.9 Å². The quantitative estimate of drug-likeness (QED) is 0.545. The molecule has 3 rings (SSSR count). The van der Waals surface area contributed by atoms with Crippen LogP contribution in [-0.4, -0.2) is 47.7 Å². The molecule has 0 aliphatic carbocycles. The normalized spacial score (nSPS) is 17.6. The van der Waals surface area contributed by atoms with E-state index in [0.717, 1.165) is 21.1 Å². The van der Waals surface area contributed by atoms with Crippen molar-refractivity contribution in [2.75, 3.05) is 12.5 Å². The summed E-state index contributed by atoms with van der Waals surface area (Å²) < 4.78 is 58.3. The summed E-state index contributed by atoms with van der Waals surface area (Å²) in [5.41, 5.74) is 1.88. The second-order valence-electron chi connectivity index (χ2n) is 9.06. The minimum atomic E-state index is -3.24. The van der Waals surface area contributed by atoms with Crippen LogP contribution < -0.4 is 5.46 Å². The Balaban J connectivity index is 0.000000258. The number of rotatable bonds is 3. The van der Waals surface area contributed by atoms with Crippen LogP contribution in [0.25, 0.3) is 0 Å². The van der Waals surface area contributed by atoms with Crippen molar-refractivity contribution in [3.8, 4) is 0 Å². The topological polar surface area (TPSA) is 86.7 Å². The molecule has 1 aliphatic heterocycles. The highest BCUT2D eigenvalue weighted by atomic mass is 79.9. The van der Waals surface area contributed by atoms with E-state index in [1.54, 1.807) is 36.4 Å². The number of aryl methyl sites for hydroxylation is 2. The van der Waals surface area contributed by atoms with Gasteiger partial charge in [-0.2, -0.15) is 0 Å². The van der Waals surface area contributed by atoms with Crippen molar-refractivity contribution in [3.05, 3.63) is 52.0 Å². The molecule has 1 heterocycles. The molecule has 1 saturated heterocycles. The van der Waals surface area contributed by atoms with Gasteiger partial charge in [-0.3, -0.25) is 0 Å². The second kappa shape index (κ2) is 9.21. The predicted molar refractivity (Wildman–Crippen MR) is 132 cm³/mol. The van der Waals surface area contributed by atoms with Crippen LogP contribution in [0.3, 0.4) is 0 Å². The van der Waals surface area contributed by atoms with Gasteiger partial charge >= 0.3 is 7.12 Å². The van der Waals surface area contributed by atoms with Gasteiger partial charge in [0.2, 0.25) is 0 Å². The van der Waals surface area contributed by atoms with Gasteiger partial charge in [0.05, 0.1) is 21.0 Å². The van der Waals surface area contributed by atoms with E-state index >= 15 is 0 Å². The average Bonchev–Trinajstić information content (AvgIpc) is 2.83. The Hall–Kier alpha value is -1.20. The molecule has 1 aliphatic rings. The molecule has 0 bridgehead atoms. The molecular formula is C22H30BBrO6S2. The van der Waals surface area contributed by atoms with Crippen molar-refractivity contribution >= 4 is 48.2 Å². The Labute approximate surface area is 200 Å². The minimum absolute atomic E-state index is 0.285. The SMILES string of the molecule is Cc1ccc(S(C)(=O)=O)cc1B1OC(C)(C)C(C)(C)O1.Cc1ccc(S(C)(=O)=O)cc1Br. The monoisotopic (exact) mass is 544 g/mol. The van der Waals surface area contributed by atoms with Gasteiger partial charge in [-0.25, -0.2) is 16.8 Å². The van der Waals surface area contributed by atoms with Crippen molar-refractivity contribution in [3.63, 3.8) is 0 Å². The summed E-state index contributed by atoms with van der Waals surface area (Å²) >= 11 is 3.27. The lowest BCUT2D eigenvalue weighted by Gasteiger charge is -2.32. The summed E-state index contributed by atoms with van der Waals surface area (Å²) in [4.78, 5) is 0.632. The van der Waals surface area contributed by atoms with Crippen molar-refractivity contribution in [2.45, 2.75) is 62.5 Å². The highest BCUT2D eigenvalue weighted by Gasteiger charge is 2.52. The molecule has 0 radical (unpaired) electrons. The highest BCUT2D eigenvalue weighted by molar-refractivity contribution is 9.10. The number of hydrogen-bond acceptors (Lipinski definition) is 6. The molecule has 2 aromatic rings. The van der Waals surface area contributed by atoms with Crippen LogP contribution in [0.15, 0.2) is 50.7 Å². The van der Waals surface area contributed by atoms with E-state index in [4.69, 9.17) is 9.31 Å². The molecule has 0 N–H and O–H groups in total. The predicted octanol–water partition coefficient (Wildman–Crippen LogP) is 3.86. The van der Waals surface area contributed by atoms with Crippen LogP contribution in [0.4, 0.5) is 0 Å². The summed E-state index contributed by atoms with van der Waals surface area (Å²) in [6, 6.07) is 10.0. The second-order valence-corrected chi connectivity index (χ2v) is 13.9. The van der Waals surface area contributed by atoms with Crippen LogP contribution >= 0.6 is 15.9 Å². The Morgan fingerprint density at radius 3 is 1.56 bits per heavy atom. The van der Waals surface area contributed by atoms with Gasteiger partial charge in [-0.05, 0) is 76.8 Å². The van der Waals surface area contributed by atoms with Crippen molar-refractivity contribution in [1.82, 2.24) is 0 Å². The van der Waals surface area contributed by atoms with E-state index in [1.807, 2.05) is 41.5 Å². The van der Waals surface area contributed by atoms with Crippen molar-refractivity contribution < 1.29 is 26.1 Å². The molecule has 10 heteroatoms. The molecule has 0 aromatic heterocycles. The maximum Gasteiger partial charge on any atom is 0.495 e. The largest absolute Gasteiger partial charge is 0.495 e. The highest BCUT2D eigenvalue weighted by Crippen LogP contribution is 2.36. The maximum absolute atomic E-state index is 11.7. The third-order valence-electron chi connectivity index (χ3n) is 5.76. The average molecular weight is 545 g/mol. The molecule has 32 heavy (non-hydrogen) atoms. The van der Waals surface area contributed by atoms with Crippen LogP contribution in [0.1, 0.15) is 38.8 Å². The fraction of sp³-hybridized carbons (Fsp3) is 0.455. The number of halogens is 1. The van der Waals surface area contributed by atoms with Gasteiger partial charge < -0.3 is 9.31 Å². The van der Waals surface area contributed by atoms with Crippen LogP contribution in [-0.2, 0) is 29.0 Å². The standard InChI is InChI=1S/C14H21BO4S.C8H9BrO2S/c1-10-7-8-11(20(6,16)17)9-12(10)15-18-13(2,3)14(4,5)19-15;1-6-3-4-7(5-8(6)9)12(2,10)11/h7-9H,1-6H3;3-5H,1-2H3. The van der Waals surface area contributed by atoms with E-state index in [9.17, 15) is 16.8 Å². The Kier molecular flexibility index (Phi) is 7.79. The Morgan fingerprint density at radius 1 is 0.750 bits per heavy atom. The van der Waals surface area contributed by atoms with Crippen molar-refractivity contribution in [2.24, 2.45) is 0 Å². The molecule has 2 aromatic carbocycles. The molecule has 0 saturated carbocycles. The lowest BCUT2D eigenvalue weighted by Crippen LogP contribution is -2.41. The molecule has 6 nitrogen and oxygen atoms in total. The minimum Gasteiger partial charge on any atom is -0.399 e. The zero-order valence-corrected chi connectivity index (χ0v) is 22.9. The van der Waals surface area contributed by atoms with Gasteiger partial charge in [0.25, 0.3) is 0 Å². The summed E-state index contributed by atoms with van der Waals surface area (Å²) in [5.74, 6) is 0. The van der Waals surface area contributed by atoms with Gasteiger partial charge in [0.1, 0.15) is 0 Å². The van der Waals surface area contributed by atoms with E-state index in [-0.39, 0.29) is 4.90 Å². The van der Waals surface area contributed by atoms with Gasteiger partial charge in [-0.1, -0.05) is 33.6 Å². The smallest absolute Gasteiger partial charge is 0.399 e. The molecule has 0 atom stereocenters. The Morgan fingerprint density at radius 2 is 1.16 bits per heavy atom. The number of sulfone groups is 2. The fourth-order valence-corrected chi connectivity index (χ4v) is 4.71. The fourth-order valence-electron chi connectivity index (χ4n) is 2.88. The van der Waals surface area contributed by atoms with Crippen LogP contribution in [0.2, 0.25) is 0 Å². The number of hydrogen-bond donors (Lipinski definition) is 0. The van der Waals surface area contributed by atoms with Crippen molar-refractivity contribution in [1.29, 1.82) is 0 Å². The van der Waals surface area contributed by atoms with Gasteiger partial charge in [0.15, 0.2) is 19.7 Å². The summed E-state index contributed by atoms with van der Waals surface area (Å²) in [6.45, 7) is 11.7. The van der Waals surface area contributed by atoms with Gasteiger partial charge in [0, 0.05) is 17.0 Å². The third kappa shape index (κ3) is 6.23. The summed E-state index contributed by atoms with van der Waals surface area (Å²) in [7, 11) is -6.85. The third-order valence-corrected chi connectivity index (χ3v) is 8.83. The lowest BCUT2D eigenvalue weighted by atomic mass is 9.76. The van der Waals surface area contributed by atoms with Crippen LogP contribution in [0, 0.1) is 13.8 Å². The van der Waals surface area contributed by atoms with Crippen LogP contribution in [0.5, 0.6) is 0 Å². The summed E-state index contributed by atoms with van der Waals surface area (Å²) in [6.07, 6.45) is 2.40. The van der Waals surface area contributed by atoms with E-state index < -0.39 is 38.0 Å².